The van der Waals surface area contributed by atoms with Gasteiger partial charge < -0.3 is 4.90 Å². The van der Waals surface area contributed by atoms with Gasteiger partial charge in [-0.05, 0) is 29.9 Å². The largest absolute Gasteiger partial charge is 0.337 e. The van der Waals surface area contributed by atoms with E-state index in [4.69, 9.17) is 0 Å². The summed E-state index contributed by atoms with van der Waals surface area (Å²) in [5.41, 5.74) is 1.18. The molecule has 1 amide bonds. The average Bonchev–Trinajstić information content (AvgIpc) is 2.93. The molecule has 0 saturated carbocycles. The van der Waals surface area contributed by atoms with Gasteiger partial charge in [0.15, 0.2) is 0 Å². The van der Waals surface area contributed by atoms with E-state index in [0.29, 0.717) is 26.1 Å². The number of thiophene rings is 1. The van der Waals surface area contributed by atoms with Crippen LogP contribution >= 0.6 is 11.3 Å². The molecule has 1 unspecified atom stereocenters. The van der Waals surface area contributed by atoms with Crippen molar-refractivity contribution in [3.8, 4) is 0 Å². The molecule has 1 atom stereocenters. The molecule has 1 aliphatic heterocycles. The predicted octanol–water partition coefficient (Wildman–Crippen LogP) is 1.25. The Kier molecular flexibility index (Phi) is 5.96. The fourth-order valence-corrected chi connectivity index (χ4v) is 4.54. The summed E-state index contributed by atoms with van der Waals surface area (Å²) in [5, 5.41) is 2.04. The number of fused-ring (bicyclic) bond motifs is 1. The summed E-state index contributed by atoms with van der Waals surface area (Å²) in [6.07, 6.45) is 2.08. The highest BCUT2D eigenvalue weighted by molar-refractivity contribution is 7.87. The molecule has 124 valence electrons. The molecule has 2 heterocycles. The van der Waals surface area contributed by atoms with Gasteiger partial charge in [0.1, 0.15) is 6.04 Å². The van der Waals surface area contributed by atoms with Gasteiger partial charge >= 0.3 is 0 Å². The molecular weight excluding hydrogens is 322 g/mol. The second-order valence-corrected chi connectivity index (χ2v) is 7.87. The lowest BCUT2D eigenvalue weighted by Gasteiger charge is -2.30. The minimum absolute atomic E-state index is 0.139. The average molecular weight is 345 g/mol. The van der Waals surface area contributed by atoms with Crippen LogP contribution in [0.15, 0.2) is 11.4 Å². The van der Waals surface area contributed by atoms with Gasteiger partial charge in [-0.25, -0.2) is 4.72 Å². The number of hydrogen-bond donors (Lipinski definition) is 2. The zero-order valence-corrected chi connectivity index (χ0v) is 14.6. The minimum atomic E-state index is -3.63. The first-order valence-corrected chi connectivity index (χ1v) is 9.94. The molecule has 8 heteroatoms. The first kappa shape index (κ1) is 17.4. The van der Waals surface area contributed by atoms with Crippen LogP contribution in [0, 0.1) is 0 Å². The summed E-state index contributed by atoms with van der Waals surface area (Å²) in [7, 11) is -3.63. The summed E-state index contributed by atoms with van der Waals surface area (Å²) in [6.45, 7) is 5.16. The molecule has 22 heavy (non-hydrogen) atoms. The van der Waals surface area contributed by atoms with Gasteiger partial charge in [-0.2, -0.15) is 13.1 Å². The van der Waals surface area contributed by atoms with Crippen LogP contribution in [0.3, 0.4) is 0 Å². The van der Waals surface area contributed by atoms with E-state index >= 15 is 0 Å². The zero-order valence-electron chi connectivity index (χ0n) is 13.0. The maximum atomic E-state index is 12.7. The molecule has 0 spiro atoms. The van der Waals surface area contributed by atoms with Crippen LogP contribution in [0.1, 0.15) is 37.1 Å². The lowest BCUT2D eigenvalue weighted by atomic mass is 10.1. The molecule has 1 aromatic rings. The minimum Gasteiger partial charge on any atom is -0.337 e. The van der Waals surface area contributed by atoms with E-state index in [1.165, 1.54) is 10.4 Å². The van der Waals surface area contributed by atoms with Gasteiger partial charge in [0, 0.05) is 24.5 Å². The predicted molar refractivity (Wildman–Crippen MR) is 87.9 cm³/mol. The van der Waals surface area contributed by atoms with Gasteiger partial charge in [0.25, 0.3) is 10.2 Å². The van der Waals surface area contributed by atoms with E-state index in [-0.39, 0.29) is 5.91 Å². The van der Waals surface area contributed by atoms with Crippen molar-refractivity contribution in [2.24, 2.45) is 0 Å². The fourth-order valence-electron chi connectivity index (χ4n) is 2.60. The number of nitrogens with one attached hydrogen (secondary N) is 2. The topological polar surface area (TPSA) is 78.5 Å². The second-order valence-electron chi connectivity index (χ2n) is 5.34. The number of nitrogens with zero attached hydrogens (tertiary/aromatic N) is 1. The van der Waals surface area contributed by atoms with Crippen molar-refractivity contribution in [3.05, 3.63) is 21.9 Å². The van der Waals surface area contributed by atoms with Crippen LogP contribution in [-0.4, -0.2) is 38.4 Å². The Morgan fingerprint density at radius 3 is 2.91 bits per heavy atom. The summed E-state index contributed by atoms with van der Waals surface area (Å²) in [4.78, 5) is 15.8. The zero-order chi connectivity index (χ0) is 16.2. The van der Waals surface area contributed by atoms with Crippen molar-refractivity contribution in [1.82, 2.24) is 14.3 Å². The third-order valence-electron chi connectivity index (χ3n) is 3.63. The maximum absolute atomic E-state index is 12.7. The summed E-state index contributed by atoms with van der Waals surface area (Å²) < 4.78 is 28.6. The van der Waals surface area contributed by atoms with Crippen molar-refractivity contribution < 1.29 is 13.2 Å². The number of rotatable bonds is 7. The van der Waals surface area contributed by atoms with E-state index in [9.17, 15) is 13.2 Å². The van der Waals surface area contributed by atoms with Crippen molar-refractivity contribution in [2.75, 3.05) is 13.1 Å². The standard InChI is InChI=1S/C14H23N3O3S2/c1-3-5-12(16-22(19,20)15-4-2)14(18)17-8-6-13-11(10-17)7-9-21-13/h7,9,12,15-16H,3-6,8,10H2,1-2H3. The first-order valence-electron chi connectivity index (χ1n) is 7.57. The Morgan fingerprint density at radius 1 is 1.45 bits per heavy atom. The Bertz CT molecular complexity index is 613. The highest BCUT2D eigenvalue weighted by Gasteiger charge is 2.29. The van der Waals surface area contributed by atoms with E-state index in [2.05, 4.69) is 9.44 Å². The van der Waals surface area contributed by atoms with Crippen molar-refractivity contribution in [3.63, 3.8) is 0 Å². The molecule has 2 rings (SSSR count). The highest BCUT2D eigenvalue weighted by atomic mass is 32.2. The molecule has 1 aromatic heterocycles. The molecule has 1 aliphatic rings. The number of carbonyl (C=O) groups excluding carboxylic acids is 1. The van der Waals surface area contributed by atoms with Crippen LogP contribution in [0.5, 0.6) is 0 Å². The van der Waals surface area contributed by atoms with E-state index in [0.717, 1.165) is 12.8 Å². The molecule has 2 N–H and O–H groups in total. The van der Waals surface area contributed by atoms with Gasteiger partial charge in [0.05, 0.1) is 0 Å². The van der Waals surface area contributed by atoms with Crippen molar-refractivity contribution in [2.45, 2.75) is 45.7 Å². The summed E-state index contributed by atoms with van der Waals surface area (Å²) >= 11 is 1.71. The van der Waals surface area contributed by atoms with Crippen LogP contribution < -0.4 is 9.44 Å². The molecule has 0 bridgehead atoms. The Labute approximate surface area is 136 Å². The Morgan fingerprint density at radius 2 is 2.23 bits per heavy atom. The Balaban J connectivity index is 2.07. The lowest BCUT2D eigenvalue weighted by Crippen LogP contribution is -2.52. The van der Waals surface area contributed by atoms with Gasteiger partial charge in [-0.3, -0.25) is 4.79 Å². The summed E-state index contributed by atoms with van der Waals surface area (Å²) in [6, 6.07) is 1.34. The van der Waals surface area contributed by atoms with Gasteiger partial charge in [0.2, 0.25) is 5.91 Å². The normalized spacial score (nSPS) is 16.4. The van der Waals surface area contributed by atoms with Gasteiger partial charge in [-0.1, -0.05) is 20.3 Å². The summed E-state index contributed by atoms with van der Waals surface area (Å²) in [5.74, 6) is -0.139. The lowest BCUT2D eigenvalue weighted by molar-refractivity contribution is -0.134. The third-order valence-corrected chi connectivity index (χ3v) is 5.91. The third kappa shape index (κ3) is 4.28. The first-order chi connectivity index (χ1) is 10.5. The van der Waals surface area contributed by atoms with Crippen molar-refractivity contribution >= 4 is 27.5 Å². The van der Waals surface area contributed by atoms with E-state index in [1.807, 2.05) is 18.4 Å². The monoisotopic (exact) mass is 345 g/mol. The number of amides is 1. The maximum Gasteiger partial charge on any atom is 0.277 e. The second kappa shape index (κ2) is 7.54. The smallest absolute Gasteiger partial charge is 0.277 e. The molecule has 0 radical (unpaired) electrons. The molecular formula is C14H23N3O3S2. The number of carbonyl (C=O) groups is 1. The van der Waals surface area contributed by atoms with Crippen LogP contribution in [0.2, 0.25) is 0 Å². The van der Waals surface area contributed by atoms with Crippen LogP contribution in [0.4, 0.5) is 0 Å². The van der Waals surface area contributed by atoms with Crippen LogP contribution in [0.25, 0.3) is 0 Å². The molecule has 0 fully saturated rings. The highest BCUT2D eigenvalue weighted by Crippen LogP contribution is 2.24. The Hall–Kier alpha value is -0.960. The SMILES string of the molecule is CCCC(NS(=O)(=O)NCC)C(=O)N1CCc2sccc2C1. The molecule has 0 saturated heterocycles. The fraction of sp³-hybridized carbons (Fsp3) is 0.643. The van der Waals surface area contributed by atoms with E-state index in [1.54, 1.807) is 23.2 Å². The molecule has 6 nitrogen and oxygen atoms in total. The van der Waals surface area contributed by atoms with Gasteiger partial charge in [-0.15, -0.1) is 11.3 Å². The van der Waals surface area contributed by atoms with Crippen molar-refractivity contribution in [1.29, 1.82) is 0 Å². The molecule has 0 aliphatic carbocycles. The molecule has 0 aromatic carbocycles. The van der Waals surface area contributed by atoms with E-state index < -0.39 is 16.3 Å². The number of hydrogen-bond acceptors (Lipinski definition) is 4. The quantitative estimate of drug-likeness (QED) is 0.780. The van der Waals surface area contributed by atoms with Crippen LogP contribution in [-0.2, 0) is 28.0 Å².